The maximum absolute atomic E-state index is 13.0. The number of hydrogen-bond acceptors (Lipinski definition) is 4. The summed E-state index contributed by atoms with van der Waals surface area (Å²) in [6.07, 6.45) is 6.63. The Morgan fingerprint density at radius 2 is 2.00 bits per heavy atom. The summed E-state index contributed by atoms with van der Waals surface area (Å²) in [6.45, 7) is 2.60. The number of benzene rings is 1. The first-order chi connectivity index (χ1) is 11.9. The second kappa shape index (κ2) is 6.21. The van der Waals surface area contributed by atoms with Crippen molar-refractivity contribution in [1.29, 1.82) is 0 Å². The molecule has 2 aromatic rings. The van der Waals surface area contributed by atoms with Crippen molar-refractivity contribution < 1.29 is 12.8 Å². The van der Waals surface area contributed by atoms with Crippen LogP contribution in [0.15, 0.2) is 36.7 Å². The normalized spacial score (nSPS) is 26.3. The van der Waals surface area contributed by atoms with Gasteiger partial charge < -0.3 is 0 Å². The second-order valence-electron chi connectivity index (χ2n) is 7.43. The molecule has 2 fully saturated rings. The Balaban J connectivity index is 1.45. The van der Waals surface area contributed by atoms with E-state index >= 15 is 0 Å². The molecule has 3 heterocycles. The Kier molecular flexibility index (Phi) is 4.16. The highest BCUT2D eigenvalue weighted by Gasteiger charge is 2.44. The molecule has 7 heteroatoms. The third kappa shape index (κ3) is 3.62. The highest BCUT2D eigenvalue weighted by atomic mass is 32.2. The van der Waals surface area contributed by atoms with Gasteiger partial charge in [0.1, 0.15) is 5.82 Å². The van der Waals surface area contributed by atoms with E-state index in [0.29, 0.717) is 11.5 Å². The molecule has 1 aromatic heterocycles. The number of aromatic nitrogens is 2. The Morgan fingerprint density at radius 1 is 1.20 bits per heavy atom. The lowest BCUT2D eigenvalue weighted by molar-refractivity contribution is 0.102. The van der Waals surface area contributed by atoms with Gasteiger partial charge in [-0.25, -0.2) is 17.5 Å². The van der Waals surface area contributed by atoms with Gasteiger partial charge in [0, 0.05) is 24.8 Å². The summed E-state index contributed by atoms with van der Waals surface area (Å²) in [4.78, 5) is 2.34. The van der Waals surface area contributed by atoms with Crippen LogP contribution in [-0.4, -0.2) is 47.7 Å². The van der Waals surface area contributed by atoms with Gasteiger partial charge >= 0.3 is 0 Å². The Labute approximate surface area is 147 Å². The topological polar surface area (TPSA) is 55.2 Å². The predicted octanol–water partition coefficient (Wildman–Crippen LogP) is 2.41. The molecule has 25 heavy (non-hydrogen) atoms. The quantitative estimate of drug-likeness (QED) is 0.840. The molecule has 2 saturated heterocycles. The monoisotopic (exact) mass is 363 g/mol. The maximum Gasteiger partial charge on any atom is 0.150 e. The first kappa shape index (κ1) is 16.7. The number of piperidine rings is 1. The summed E-state index contributed by atoms with van der Waals surface area (Å²) in [5.41, 5.74) is 1.86. The van der Waals surface area contributed by atoms with Gasteiger partial charge in [0.05, 0.1) is 23.4 Å². The van der Waals surface area contributed by atoms with E-state index in [1.807, 2.05) is 12.4 Å². The fourth-order valence-corrected chi connectivity index (χ4v) is 6.39. The van der Waals surface area contributed by atoms with E-state index in [-0.39, 0.29) is 11.2 Å². The lowest BCUT2D eigenvalue weighted by Gasteiger charge is -2.39. The van der Waals surface area contributed by atoms with Gasteiger partial charge in [-0.15, -0.1) is 0 Å². The van der Waals surface area contributed by atoms with Gasteiger partial charge in [-0.1, -0.05) is 0 Å². The molecule has 5 nitrogen and oxygen atoms in total. The van der Waals surface area contributed by atoms with Crippen molar-refractivity contribution in [2.45, 2.75) is 25.8 Å². The summed E-state index contributed by atoms with van der Waals surface area (Å²) in [7, 11) is -2.86. The van der Waals surface area contributed by atoms with Crippen LogP contribution < -0.4 is 0 Å². The molecule has 4 rings (SSSR count). The van der Waals surface area contributed by atoms with Crippen LogP contribution >= 0.6 is 0 Å². The maximum atomic E-state index is 13.0. The summed E-state index contributed by atoms with van der Waals surface area (Å²) in [5, 5.41) is 4.37. The molecule has 0 bridgehead atoms. The number of nitrogens with zero attached hydrogens (tertiary/aromatic N) is 3. The zero-order valence-electron chi connectivity index (χ0n) is 14.1. The fraction of sp³-hybridized carbons (Fsp3) is 0.500. The van der Waals surface area contributed by atoms with Gasteiger partial charge in [0.2, 0.25) is 0 Å². The summed E-state index contributed by atoms with van der Waals surface area (Å²) in [5.74, 6) is 0.413. The van der Waals surface area contributed by atoms with Crippen LogP contribution in [0, 0.1) is 11.2 Å². The van der Waals surface area contributed by atoms with Crippen LogP contribution in [0.25, 0.3) is 5.69 Å². The van der Waals surface area contributed by atoms with Crippen molar-refractivity contribution in [3.05, 3.63) is 48.0 Å². The second-order valence-corrected chi connectivity index (χ2v) is 9.61. The highest BCUT2D eigenvalue weighted by Crippen LogP contribution is 2.40. The van der Waals surface area contributed by atoms with Crippen LogP contribution in [0.2, 0.25) is 0 Å². The Morgan fingerprint density at radius 3 is 2.72 bits per heavy atom. The number of rotatable bonds is 3. The third-order valence-electron chi connectivity index (χ3n) is 5.34. The number of likely N-dealkylation sites (tertiary alicyclic amines) is 1. The SMILES string of the molecule is O=S1(=O)CCC2(CCCN(Cc3cnn(-c4ccc(F)cc4)c3)C2)C1. The predicted molar refractivity (Wildman–Crippen MR) is 93.7 cm³/mol. The van der Waals surface area contributed by atoms with Crippen LogP contribution in [0.4, 0.5) is 4.39 Å². The average Bonchev–Trinajstić information content (AvgIpc) is 3.13. The van der Waals surface area contributed by atoms with Crippen LogP contribution in [-0.2, 0) is 16.4 Å². The minimum absolute atomic E-state index is 0.0516. The molecule has 0 amide bonds. The Hall–Kier alpha value is -1.73. The lowest BCUT2D eigenvalue weighted by Crippen LogP contribution is -2.43. The summed E-state index contributed by atoms with van der Waals surface area (Å²) in [6, 6.07) is 6.24. The minimum atomic E-state index is -2.86. The molecule has 0 saturated carbocycles. The number of halogens is 1. The van der Waals surface area contributed by atoms with E-state index in [2.05, 4.69) is 10.00 Å². The molecular formula is C18H22FN3O2S. The molecule has 1 unspecified atom stereocenters. The lowest BCUT2D eigenvalue weighted by atomic mass is 9.79. The van der Waals surface area contributed by atoms with E-state index in [4.69, 9.17) is 0 Å². The molecular weight excluding hydrogens is 341 g/mol. The van der Waals surface area contributed by atoms with Crippen molar-refractivity contribution in [3.8, 4) is 5.69 Å². The van der Waals surface area contributed by atoms with E-state index in [1.54, 1.807) is 16.8 Å². The van der Waals surface area contributed by atoms with Crippen molar-refractivity contribution in [2.75, 3.05) is 24.6 Å². The van der Waals surface area contributed by atoms with E-state index in [0.717, 1.165) is 50.1 Å². The van der Waals surface area contributed by atoms with Crippen molar-refractivity contribution >= 4 is 9.84 Å². The molecule has 1 aromatic carbocycles. The number of sulfone groups is 1. The van der Waals surface area contributed by atoms with Crippen LogP contribution in [0.3, 0.4) is 0 Å². The van der Waals surface area contributed by atoms with Gasteiger partial charge in [-0.2, -0.15) is 5.10 Å². The minimum Gasteiger partial charge on any atom is -0.298 e. The fourth-order valence-electron chi connectivity index (χ4n) is 4.18. The van der Waals surface area contributed by atoms with E-state index in [9.17, 15) is 12.8 Å². The zero-order valence-corrected chi connectivity index (χ0v) is 14.9. The van der Waals surface area contributed by atoms with E-state index < -0.39 is 9.84 Å². The first-order valence-corrected chi connectivity index (χ1v) is 10.5. The van der Waals surface area contributed by atoms with Gasteiger partial charge in [0.25, 0.3) is 0 Å². The van der Waals surface area contributed by atoms with Crippen molar-refractivity contribution in [3.63, 3.8) is 0 Å². The third-order valence-corrected chi connectivity index (χ3v) is 7.22. The molecule has 0 aliphatic carbocycles. The van der Waals surface area contributed by atoms with Crippen LogP contribution in [0.1, 0.15) is 24.8 Å². The van der Waals surface area contributed by atoms with Gasteiger partial charge in [0.15, 0.2) is 9.84 Å². The summed E-state index contributed by atoms with van der Waals surface area (Å²) >= 11 is 0. The average molecular weight is 363 g/mol. The standard InChI is InChI=1S/C18H22FN3O2S/c19-16-2-4-17(5-3-16)22-12-15(10-20-22)11-21-8-1-6-18(13-21)7-9-25(23,24)14-18/h2-5,10,12H,1,6-9,11,13-14H2. The Bertz CT molecular complexity index is 863. The van der Waals surface area contributed by atoms with E-state index in [1.165, 1.54) is 12.1 Å². The molecule has 0 N–H and O–H groups in total. The zero-order chi connectivity index (χ0) is 17.5. The molecule has 1 spiro atoms. The largest absolute Gasteiger partial charge is 0.298 e. The van der Waals surface area contributed by atoms with Gasteiger partial charge in [-0.05, 0) is 55.5 Å². The number of hydrogen-bond donors (Lipinski definition) is 0. The molecule has 2 aliphatic rings. The molecule has 0 radical (unpaired) electrons. The summed E-state index contributed by atoms with van der Waals surface area (Å²) < 4.78 is 38.6. The van der Waals surface area contributed by atoms with Crippen LogP contribution in [0.5, 0.6) is 0 Å². The van der Waals surface area contributed by atoms with Crippen molar-refractivity contribution in [2.24, 2.45) is 5.41 Å². The van der Waals surface area contributed by atoms with Crippen molar-refractivity contribution in [1.82, 2.24) is 14.7 Å². The molecule has 2 aliphatic heterocycles. The molecule has 134 valence electrons. The smallest absolute Gasteiger partial charge is 0.150 e. The highest BCUT2D eigenvalue weighted by molar-refractivity contribution is 7.91. The molecule has 1 atom stereocenters. The van der Waals surface area contributed by atoms with Gasteiger partial charge in [-0.3, -0.25) is 4.90 Å². The first-order valence-electron chi connectivity index (χ1n) is 8.65.